The highest BCUT2D eigenvalue weighted by Crippen LogP contribution is 2.20. The number of pyridine rings is 1. The van der Waals surface area contributed by atoms with Crippen molar-refractivity contribution in [1.82, 2.24) is 15.2 Å². The summed E-state index contributed by atoms with van der Waals surface area (Å²) in [4.78, 5) is 17.2. The Labute approximate surface area is 180 Å². The number of hydrogen-bond donors (Lipinski definition) is 2. The van der Waals surface area contributed by atoms with Gasteiger partial charge in [0.05, 0.1) is 18.4 Å². The number of aromatic nitrogens is 3. The Bertz CT molecular complexity index is 1130. The van der Waals surface area contributed by atoms with E-state index in [1.807, 2.05) is 54.6 Å². The van der Waals surface area contributed by atoms with Gasteiger partial charge in [0, 0.05) is 24.2 Å². The van der Waals surface area contributed by atoms with Crippen LogP contribution in [0.2, 0.25) is 0 Å². The standard InChI is InChI=1S/C24H23N5O2/c1-31-22-11-5-7-18(15-22)12-13-21-16-23(27-26-21)29(28-20-9-3-2-4-10-20)24(30)19-8-6-14-25-17-19/h2-11,14-17,28H,12-13H2,1H3,(H,26,27). The molecule has 2 heterocycles. The molecule has 7 heteroatoms. The number of anilines is 2. The van der Waals surface area contributed by atoms with Crippen LogP contribution in [0.5, 0.6) is 5.75 Å². The summed E-state index contributed by atoms with van der Waals surface area (Å²) in [5.41, 5.74) is 6.49. The SMILES string of the molecule is COc1cccc(CCc2cc(N(Nc3ccccc3)C(=O)c3cccnc3)n[nH]2)c1. The number of H-pyrrole nitrogens is 1. The molecule has 0 aliphatic rings. The Balaban J connectivity index is 1.54. The van der Waals surface area contributed by atoms with E-state index in [4.69, 9.17) is 4.74 Å². The molecule has 0 aliphatic carbocycles. The van der Waals surface area contributed by atoms with E-state index in [1.165, 1.54) is 10.6 Å². The second-order valence-corrected chi connectivity index (χ2v) is 6.96. The van der Waals surface area contributed by atoms with E-state index in [0.717, 1.165) is 30.0 Å². The van der Waals surface area contributed by atoms with Crippen molar-refractivity contribution in [2.45, 2.75) is 12.8 Å². The molecule has 31 heavy (non-hydrogen) atoms. The molecule has 0 saturated carbocycles. The van der Waals surface area contributed by atoms with E-state index in [1.54, 1.807) is 31.6 Å². The average molecular weight is 413 g/mol. The van der Waals surface area contributed by atoms with Gasteiger partial charge in [0.2, 0.25) is 0 Å². The van der Waals surface area contributed by atoms with Crippen molar-refractivity contribution in [3.8, 4) is 5.75 Å². The number of carbonyl (C=O) groups excluding carboxylic acids is 1. The van der Waals surface area contributed by atoms with Crippen LogP contribution in [0.25, 0.3) is 0 Å². The quantitative estimate of drug-likeness (QED) is 0.422. The molecule has 0 spiro atoms. The van der Waals surface area contributed by atoms with E-state index in [2.05, 4.69) is 26.7 Å². The van der Waals surface area contributed by atoms with Gasteiger partial charge in [-0.2, -0.15) is 10.1 Å². The summed E-state index contributed by atoms with van der Waals surface area (Å²) in [7, 11) is 1.66. The monoisotopic (exact) mass is 413 g/mol. The third-order valence-electron chi connectivity index (χ3n) is 4.79. The number of hydrogen-bond acceptors (Lipinski definition) is 5. The van der Waals surface area contributed by atoms with E-state index in [0.29, 0.717) is 11.4 Å². The maximum absolute atomic E-state index is 13.2. The van der Waals surface area contributed by atoms with Crippen LogP contribution in [0.4, 0.5) is 11.5 Å². The van der Waals surface area contributed by atoms with Crippen molar-refractivity contribution < 1.29 is 9.53 Å². The van der Waals surface area contributed by atoms with Crippen LogP contribution in [0.3, 0.4) is 0 Å². The summed E-state index contributed by atoms with van der Waals surface area (Å²) in [6.45, 7) is 0. The van der Waals surface area contributed by atoms with Gasteiger partial charge in [-0.15, -0.1) is 0 Å². The number of nitrogens with one attached hydrogen (secondary N) is 2. The molecule has 156 valence electrons. The second kappa shape index (κ2) is 9.58. The Hall–Kier alpha value is -4.13. The van der Waals surface area contributed by atoms with E-state index >= 15 is 0 Å². The lowest BCUT2D eigenvalue weighted by atomic mass is 10.1. The normalized spacial score (nSPS) is 10.5. The number of benzene rings is 2. The Morgan fingerprint density at radius 1 is 1.03 bits per heavy atom. The summed E-state index contributed by atoms with van der Waals surface area (Å²) in [5.74, 6) is 1.07. The first-order valence-electron chi connectivity index (χ1n) is 9.96. The molecule has 0 saturated heterocycles. The minimum absolute atomic E-state index is 0.247. The van der Waals surface area contributed by atoms with Gasteiger partial charge >= 0.3 is 0 Å². The lowest BCUT2D eigenvalue weighted by Gasteiger charge is -2.22. The van der Waals surface area contributed by atoms with Crippen molar-refractivity contribution in [3.63, 3.8) is 0 Å². The van der Waals surface area contributed by atoms with Crippen molar-refractivity contribution >= 4 is 17.4 Å². The van der Waals surface area contributed by atoms with Crippen molar-refractivity contribution in [2.75, 3.05) is 17.5 Å². The molecule has 0 aliphatic heterocycles. The predicted octanol–water partition coefficient (Wildman–Crippen LogP) is 4.27. The number of rotatable bonds is 8. The Morgan fingerprint density at radius 2 is 1.90 bits per heavy atom. The number of carbonyl (C=O) groups is 1. The number of para-hydroxylation sites is 1. The van der Waals surface area contributed by atoms with Crippen molar-refractivity contribution in [3.05, 3.63) is 102 Å². The van der Waals surface area contributed by atoms with Crippen LogP contribution in [-0.2, 0) is 12.8 Å². The molecule has 0 atom stereocenters. The highest BCUT2D eigenvalue weighted by molar-refractivity contribution is 6.06. The maximum atomic E-state index is 13.2. The van der Waals surface area contributed by atoms with Crippen molar-refractivity contribution in [1.29, 1.82) is 0 Å². The fourth-order valence-corrected chi connectivity index (χ4v) is 3.17. The van der Waals surface area contributed by atoms with Crippen LogP contribution in [0.15, 0.2) is 85.2 Å². The second-order valence-electron chi connectivity index (χ2n) is 6.96. The topological polar surface area (TPSA) is 83.1 Å². The van der Waals surface area contributed by atoms with Gasteiger partial charge in [-0.05, 0) is 54.8 Å². The predicted molar refractivity (Wildman–Crippen MR) is 120 cm³/mol. The molecule has 4 aromatic rings. The van der Waals surface area contributed by atoms with Gasteiger partial charge in [-0.25, -0.2) is 0 Å². The summed E-state index contributed by atoms with van der Waals surface area (Å²) >= 11 is 0. The highest BCUT2D eigenvalue weighted by atomic mass is 16.5. The Morgan fingerprint density at radius 3 is 2.68 bits per heavy atom. The molecule has 7 nitrogen and oxygen atoms in total. The highest BCUT2D eigenvalue weighted by Gasteiger charge is 2.21. The first kappa shape index (κ1) is 20.2. The first-order valence-corrected chi connectivity index (χ1v) is 9.96. The zero-order chi connectivity index (χ0) is 21.5. The largest absolute Gasteiger partial charge is 0.497 e. The maximum Gasteiger partial charge on any atom is 0.279 e. The molecule has 2 N–H and O–H groups in total. The fraction of sp³-hybridized carbons (Fsp3) is 0.125. The number of methoxy groups -OCH3 is 1. The minimum atomic E-state index is -0.247. The molecule has 2 aromatic carbocycles. The number of aryl methyl sites for hydroxylation is 2. The Kier molecular flexibility index (Phi) is 6.23. The average Bonchev–Trinajstić information content (AvgIpc) is 3.31. The molecule has 0 bridgehead atoms. The molecular weight excluding hydrogens is 390 g/mol. The van der Waals surface area contributed by atoms with E-state index in [9.17, 15) is 4.79 Å². The van der Waals surface area contributed by atoms with Gasteiger partial charge in [0.15, 0.2) is 5.82 Å². The lowest BCUT2D eigenvalue weighted by molar-refractivity contribution is 0.0991. The molecule has 4 rings (SSSR count). The number of amides is 1. The van der Waals surface area contributed by atoms with E-state index < -0.39 is 0 Å². The molecule has 1 amide bonds. The van der Waals surface area contributed by atoms with Gasteiger partial charge < -0.3 is 4.74 Å². The fourth-order valence-electron chi connectivity index (χ4n) is 3.17. The summed E-state index contributed by atoms with van der Waals surface area (Å²) in [6.07, 6.45) is 4.75. The summed E-state index contributed by atoms with van der Waals surface area (Å²) in [6, 6.07) is 22.8. The molecular formula is C24H23N5O2. The molecule has 0 radical (unpaired) electrons. The van der Waals surface area contributed by atoms with Crippen LogP contribution < -0.4 is 15.2 Å². The zero-order valence-electron chi connectivity index (χ0n) is 17.2. The van der Waals surface area contributed by atoms with Crippen molar-refractivity contribution in [2.24, 2.45) is 0 Å². The number of hydrazine groups is 1. The number of ether oxygens (including phenoxy) is 1. The minimum Gasteiger partial charge on any atom is -0.497 e. The van der Waals surface area contributed by atoms with Gasteiger partial charge in [0.25, 0.3) is 5.91 Å². The van der Waals surface area contributed by atoms with Crippen LogP contribution in [0.1, 0.15) is 21.6 Å². The first-order chi connectivity index (χ1) is 15.2. The van der Waals surface area contributed by atoms with E-state index in [-0.39, 0.29) is 5.91 Å². The van der Waals surface area contributed by atoms with Gasteiger partial charge in [-0.1, -0.05) is 30.3 Å². The van der Waals surface area contributed by atoms with Gasteiger partial charge in [-0.3, -0.25) is 20.3 Å². The molecule has 0 unspecified atom stereocenters. The summed E-state index contributed by atoms with van der Waals surface area (Å²) < 4.78 is 5.29. The third kappa shape index (κ3) is 5.08. The van der Waals surface area contributed by atoms with Gasteiger partial charge in [0.1, 0.15) is 5.75 Å². The zero-order valence-corrected chi connectivity index (χ0v) is 17.2. The van der Waals surface area contributed by atoms with Crippen LogP contribution in [-0.4, -0.2) is 28.2 Å². The number of nitrogens with zero attached hydrogens (tertiary/aromatic N) is 3. The third-order valence-corrected chi connectivity index (χ3v) is 4.79. The van der Waals surface area contributed by atoms with Crippen LogP contribution in [0, 0.1) is 0 Å². The lowest BCUT2D eigenvalue weighted by Crippen LogP contribution is -2.36. The van der Waals surface area contributed by atoms with Crippen LogP contribution >= 0.6 is 0 Å². The number of aromatic amines is 1. The summed E-state index contributed by atoms with van der Waals surface area (Å²) in [5, 5.41) is 8.85. The molecule has 2 aromatic heterocycles. The molecule has 0 fully saturated rings. The smallest absolute Gasteiger partial charge is 0.279 e.